The molecule has 0 fully saturated rings. The number of hydrogen-bond donors (Lipinski definition) is 1. The molecule has 0 spiro atoms. The molecule has 0 aliphatic carbocycles. The van der Waals surface area contributed by atoms with Crippen molar-refractivity contribution in [2.45, 2.75) is 13.1 Å². The van der Waals surface area contributed by atoms with E-state index in [1.807, 2.05) is 25.4 Å². The summed E-state index contributed by atoms with van der Waals surface area (Å²) in [5, 5.41) is 0. The lowest BCUT2D eigenvalue weighted by Gasteiger charge is -2.19. The summed E-state index contributed by atoms with van der Waals surface area (Å²) >= 11 is 2.25. The van der Waals surface area contributed by atoms with E-state index >= 15 is 0 Å². The van der Waals surface area contributed by atoms with Gasteiger partial charge in [0.1, 0.15) is 12.1 Å². The van der Waals surface area contributed by atoms with E-state index in [1.165, 1.54) is 5.56 Å². The molecule has 0 radical (unpaired) electrons. The second-order valence-corrected chi connectivity index (χ2v) is 5.24. The fourth-order valence-corrected chi connectivity index (χ4v) is 2.50. The Hall–Kier alpha value is -1.21. The van der Waals surface area contributed by atoms with Gasteiger partial charge in [-0.3, -0.25) is 0 Å². The van der Waals surface area contributed by atoms with Crippen LogP contribution in [0.25, 0.3) is 0 Å². The summed E-state index contributed by atoms with van der Waals surface area (Å²) in [4.78, 5) is 10.4. The van der Waals surface area contributed by atoms with Crippen molar-refractivity contribution in [3.8, 4) is 0 Å². The van der Waals surface area contributed by atoms with Gasteiger partial charge in [0.15, 0.2) is 0 Å². The summed E-state index contributed by atoms with van der Waals surface area (Å²) in [5.41, 5.74) is 8.03. The highest BCUT2D eigenvalue weighted by Gasteiger charge is 2.07. The Morgan fingerprint density at radius 2 is 2.11 bits per heavy atom. The highest BCUT2D eigenvalue weighted by molar-refractivity contribution is 14.1. The van der Waals surface area contributed by atoms with Gasteiger partial charge in [0, 0.05) is 26.3 Å². The van der Waals surface area contributed by atoms with Crippen LogP contribution in [-0.4, -0.2) is 17.0 Å². The maximum absolute atomic E-state index is 5.65. The molecule has 0 atom stereocenters. The maximum Gasteiger partial charge on any atom is 0.145 e. The van der Waals surface area contributed by atoms with Crippen molar-refractivity contribution in [1.29, 1.82) is 0 Å². The van der Waals surface area contributed by atoms with Crippen molar-refractivity contribution >= 4 is 28.4 Å². The zero-order valence-electron chi connectivity index (χ0n) is 10.2. The number of nitrogens with two attached hydrogens (primary N) is 1. The van der Waals surface area contributed by atoms with Crippen LogP contribution in [-0.2, 0) is 13.1 Å². The maximum atomic E-state index is 5.65. The molecule has 18 heavy (non-hydrogen) atoms. The van der Waals surface area contributed by atoms with E-state index in [0.29, 0.717) is 6.54 Å². The van der Waals surface area contributed by atoms with Crippen LogP contribution in [0.3, 0.4) is 0 Å². The first kappa shape index (κ1) is 13.2. The second kappa shape index (κ2) is 6.10. The molecule has 0 bridgehead atoms. The van der Waals surface area contributed by atoms with Gasteiger partial charge in [-0.1, -0.05) is 24.3 Å². The quantitative estimate of drug-likeness (QED) is 0.856. The molecule has 5 heteroatoms. The molecule has 1 aromatic heterocycles. The van der Waals surface area contributed by atoms with E-state index in [-0.39, 0.29) is 0 Å². The highest BCUT2D eigenvalue weighted by atomic mass is 127. The third kappa shape index (κ3) is 3.17. The number of rotatable bonds is 4. The van der Waals surface area contributed by atoms with Crippen molar-refractivity contribution in [3.05, 3.63) is 51.5 Å². The fourth-order valence-electron chi connectivity index (χ4n) is 1.79. The minimum Gasteiger partial charge on any atom is -0.354 e. The average Bonchev–Trinajstić information content (AvgIpc) is 2.39. The number of hydrogen-bond acceptors (Lipinski definition) is 4. The van der Waals surface area contributed by atoms with Crippen LogP contribution in [0.15, 0.2) is 36.8 Å². The first-order chi connectivity index (χ1) is 8.70. The molecule has 0 amide bonds. The van der Waals surface area contributed by atoms with Gasteiger partial charge in [-0.15, -0.1) is 0 Å². The Kier molecular flexibility index (Phi) is 4.48. The molecule has 1 heterocycles. The third-order valence-corrected chi connectivity index (χ3v) is 3.42. The van der Waals surface area contributed by atoms with E-state index in [9.17, 15) is 0 Å². The summed E-state index contributed by atoms with van der Waals surface area (Å²) in [6.45, 7) is 1.38. The van der Waals surface area contributed by atoms with Crippen LogP contribution in [0.5, 0.6) is 0 Å². The standard InChI is InChI=1S/C13H15IN4/c1-18(13-12(14)7-16-9-17-13)8-11-4-2-3-10(5-11)6-15/h2-5,7,9H,6,8,15H2,1H3. The summed E-state index contributed by atoms with van der Waals surface area (Å²) < 4.78 is 1.05. The number of halogens is 1. The van der Waals surface area contributed by atoms with Gasteiger partial charge < -0.3 is 10.6 Å². The molecule has 2 N–H and O–H groups in total. The smallest absolute Gasteiger partial charge is 0.145 e. The van der Waals surface area contributed by atoms with Gasteiger partial charge in [0.05, 0.1) is 3.57 Å². The molecule has 1 aromatic carbocycles. The lowest BCUT2D eigenvalue weighted by molar-refractivity contribution is 0.882. The van der Waals surface area contributed by atoms with Gasteiger partial charge in [-0.05, 0) is 33.7 Å². The summed E-state index contributed by atoms with van der Waals surface area (Å²) in [6, 6.07) is 8.31. The summed E-state index contributed by atoms with van der Waals surface area (Å²) in [5.74, 6) is 0.948. The van der Waals surface area contributed by atoms with Gasteiger partial charge in [-0.25, -0.2) is 9.97 Å². The van der Waals surface area contributed by atoms with Crippen LogP contribution in [0.1, 0.15) is 11.1 Å². The highest BCUT2D eigenvalue weighted by Crippen LogP contribution is 2.19. The monoisotopic (exact) mass is 354 g/mol. The first-order valence-corrected chi connectivity index (χ1v) is 6.73. The Balaban J connectivity index is 2.16. The fraction of sp³-hybridized carbons (Fsp3) is 0.231. The number of nitrogens with zero attached hydrogens (tertiary/aromatic N) is 3. The minimum absolute atomic E-state index is 0.572. The third-order valence-electron chi connectivity index (χ3n) is 2.66. The van der Waals surface area contributed by atoms with Crippen molar-refractivity contribution in [2.24, 2.45) is 5.73 Å². The SMILES string of the molecule is CN(Cc1cccc(CN)c1)c1ncncc1I. The van der Waals surface area contributed by atoms with Crippen molar-refractivity contribution in [1.82, 2.24) is 9.97 Å². The van der Waals surface area contributed by atoms with Crippen LogP contribution in [0.4, 0.5) is 5.82 Å². The summed E-state index contributed by atoms with van der Waals surface area (Å²) in [6.07, 6.45) is 3.39. The molecular weight excluding hydrogens is 339 g/mol. The van der Waals surface area contributed by atoms with Crippen molar-refractivity contribution < 1.29 is 0 Å². The average molecular weight is 354 g/mol. The van der Waals surface area contributed by atoms with Gasteiger partial charge in [-0.2, -0.15) is 0 Å². The van der Waals surface area contributed by atoms with Crippen LogP contribution in [0, 0.1) is 3.57 Å². The van der Waals surface area contributed by atoms with Crippen molar-refractivity contribution in [2.75, 3.05) is 11.9 Å². The zero-order chi connectivity index (χ0) is 13.0. The second-order valence-electron chi connectivity index (χ2n) is 4.07. The summed E-state index contributed by atoms with van der Waals surface area (Å²) in [7, 11) is 2.03. The number of aromatic nitrogens is 2. The Morgan fingerprint density at radius 1 is 1.33 bits per heavy atom. The Labute approximate surface area is 120 Å². The van der Waals surface area contributed by atoms with E-state index in [0.717, 1.165) is 21.5 Å². The molecule has 2 aromatic rings. The van der Waals surface area contributed by atoms with E-state index < -0.39 is 0 Å². The van der Waals surface area contributed by atoms with Crippen LogP contribution < -0.4 is 10.6 Å². The molecule has 2 rings (SSSR count). The van der Waals surface area contributed by atoms with Crippen LogP contribution in [0.2, 0.25) is 0 Å². The van der Waals surface area contributed by atoms with Gasteiger partial charge in [0.25, 0.3) is 0 Å². The largest absolute Gasteiger partial charge is 0.354 e. The predicted molar refractivity (Wildman–Crippen MR) is 81.2 cm³/mol. The molecule has 0 saturated carbocycles. The molecule has 4 nitrogen and oxygen atoms in total. The minimum atomic E-state index is 0.572. The topological polar surface area (TPSA) is 55.0 Å². The molecule has 0 aliphatic rings. The lowest BCUT2D eigenvalue weighted by Crippen LogP contribution is -2.19. The van der Waals surface area contributed by atoms with Crippen molar-refractivity contribution in [3.63, 3.8) is 0 Å². The molecule has 94 valence electrons. The van der Waals surface area contributed by atoms with E-state index in [4.69, 9.17) is 5.73 Å². The molecular formula is C13H15IN4. The normalized spacial score (nSPS) is 10.4. The molecule has 0 unspecified atom stereocenters. The molecule has 0 aliphatic heterocycles. The van der Waals surface area contributed by atoms with Crippen LogP contribution >= 0.6 is 22.6 Å². The van der Waals surface area contributed by atoms with Gasteiger partial charge >= 0.3 is 0 Å². The zero-order valence-corrected chi connectivity index (χ0v) is 12.3. The predicted octanol–water partition coefficient (Wildman–Crippen LogP) is 2.18. The number of benzene rings is 1. The lowest BCUT2D eigenvalue weighted by atomic mass is 10.1. The Bertz CT molecular complexity index is 530. The Morgan fingerprint density at radius 3 is 2.83 bits per heavy atom. The van der Waals surface area contributed by atoms with Gasteiger partial charge in [0.2, 0.25) is 0 Å². The first-order valence-electron chi connectivity index (χ1n) is 5.65. The van der Waals surface area contributed by atoms with E-state index in [2.05, 4.69) is 49.6 Å². The van der Waals surface area contributed by atoms with E-state index in [1.54, 1.807) is 6.33 Å². The number of anilines is 1. The molecule has 0 saturated heterocycles.